The van der Waals surface area contributed by atoms with Crippen LogP contribution in [0.5, 0.6) is 0 Å². The van der Waals surface area contributed by atoms with Crippen LogP contribution in [0.15, 0.2) is 28.9 Å². The lowest BCUT2D eigenvalue weighted by Gasteiger charge is -2.20. The van der Waals surface area contributed by atoms with E-state index in [4.69, 9.17) is 5.73 Å². The molecule has 0 saturated heterocycles. The van der Waals surface area contributed by atoms with Crippen molar-refractivity contribution in [1.29, 1.82) is 0 Å². The summed E-state index contributed by atoms with van der Waals surface area (Å²) in [6.07, 6.45) is 1.71. The lowest BCUT2D eigenvalue weighted by molar-refractivity contribution is 0.505. The zero-order valence-electron chi connectivity index (χ0n) is 10.6. The fourth-order valence-corrected chi connectivity index (χ4v) is 2.48. The molecule has 0 amide bonds. The van der Waals surface area contributed by atoms with Crippen molar-refractivity contribution < 1.29 is 8.78 Å². The van der Waals surface area contributed by atoms with Gasteiger partial charge in [-0.05, 0) is 28.1 Å². The first-order valence-corrected chi connectivity index (χ1v) is 6.55. The van der Waals surface area contributed by atoms with Gasteiger partial charge in [-0.2, -0.15) is 5.10 Å². The summed E-state index contributed by atoms with van der Waals surface area (Å²) in [5.41, 5.74) is 6.65. The van der Waals surface area contributed by atoms with E-state index in [0.29, 0.717) is 12.2 Å². The molecule has 1 aromatic heterocycles. The molecule has 0 aliphatic heterocycles. The Balaban J connectivity index is 2.47. The second-order valence-electron chi connectivity index (χ2n) is 4.96. The maximum atomic E-state index is 13.2. The second kappa shape index (κ2) is 5.02. The first kappa shape index (κ1) is 14.1. The normalized spacial score (nSPS) is 11.9. The van der Waals surface area contributed by atoms with Gasteiger partial charge < -0.3 is 5.73 Å². The standard InChI is InChI=1S/C13H14BrF2N3/c1-13(2,7-17)12-9(14)6-19(18-12)8-3-4-10(15)11(16)5-8/h3-6H,7,17H2,1-2H3. The van der Waals surface area contributed by atoms with E-state index in [0.717, 1.165) is 22.3 Å². The highest BCUT2D eigenvalue weighted by atomic mass is 79.9. The van der Waals surface area contributed by atoms with Gasteiger partial charge >= 0.3 is 0 Å². The summed E-state index contributed by atoms with van der Waals surface area (Å²) in [4.78, 5) is 0. The predicted molar refractivity (Wildman–Crippen MR) is 73.3 cm³/mol. The van der Waals surface area contributed by atoms with Crippen LogP contribution >= 0.6 is 15.9 Å². The monoisotopic (exact) mass is 329 g/mol. The van der Waals surface area contributed by atoms with E-state index in [2.05, 4.69) is 21.0 Å². The van der Waals surface area contributed by atoms with Gasteiger partial charge in [0.25, 0.3) is 0 Å². The molecule has 0 unspecified atom stereocenters. The van der Waals surface area contributed by atoms with Crippen molar-refractivity contribution in [3.63, 3.8) is 0 Å². The van der Waals surface area contributed by atoms with Crippen molar-refractivity contribution in [1.82, 2.24) is 9.78 Å². The molecule has 2 aromatic rings. The Kier molecular flexibility index (Phi) is 3.73. The van der Waals surface area contributed by atoms with E-state index in [1.54, 1.807) is 6.20 Å². The van der Waals surface area contributed by atoms with Gasteiger partial charge in [-0.25, -0.2) is 13.5 Å². The quantitative estimate of drug-likeness (QED) is 0.940. The Morgan fingerprint density at radius 3 is 2.58 bits per heavy atom. The largest absolute Gasteiger partial charge is 0.330 e. The third-order valence-electron chi connectivity index (χ3n) is 2.99. The molecule has 0 aliphatic carbocycles. The molecule has 19 heavy (non-hydrogen) atoms. The van der Waals surface area contributed by atoms with Crippen LogP contribution in [-0.2, 0) is 5.41 Å². The summed E-state index contributed by atoms with van der Waals surface area (Å²) >= 11 is 3.42. The maximum Gasteiger partial charge on any atom is 0.160 e. The van der Waals surface area contributed by atoms with Crippen LogP contribution < -0.4 is 5.73 Å². The topological polar surface area (TPSA) is 43.8 Å². The van der Waals surface area contributed by atoms with Crippen molar-refractivity contribution in [3.8, 4) is 5.69 Å². The molecule has 1 aromatic carbocycles. The minimum absolute atomic E-state index is 0.303. The molecule has 0 fully saturated rings. The molecule has 0 aliphatic rings. The highest BCUT2D eigenvalue weighted by molar-refractivity contribution is 9.10. The fraction of sp³-hybridized carbons (Fsp3) is 0.308. The molecular weight excluding hydrogens is 316 g/mol. The van der Waals surface area contributed by atoms with Crippen LogP contribution in [0.4, 0.5) is 8.78 Å². The summed E-state index contributed by atoms with van der Waals surface area (Å²) in [5.74, 6) is -1.78. The van der Waals surface area contributed by atoms with E-state index in [1.165, 1.54) is 10.7 Å². The molecule has 6 heteroatoms. The SMILES string of the molecule is CC(C)(CN)c1nn(-c2ccc(F)c(F)c2)cc1Br. The third-order valence-corrected chi connectivity index (χ3v) is 3.57. The van der Waals surface area contributed by atoms with E-state index in [1.807, 2.05) is 13.8 Å². The Morgan fingerprint density at radius 1 is 1.32 bits per heavy atom. The van der Waals surface area contributed by atoms with Crippen molar-refractivity contribution in [3.05, 3.63) is 46.2 Å². The van der Waals surface area contributed by atoms with Gasteiger partial charge in [-0.1, -0.05) is 13.8 Å². The zero-order chi connectivity index (χ0) is 14.2. The first-order valence-electron chi connectivity index (χ1n) is 5.76. The van der Waals surface area contributed by atoms with Crippen LogP contribution in [0, 0.1) is 11.6 Å². The van der Waals surface area contributed by atoms with E-state index in [9.17, 15) is 8.78 Å². The number of aromatic nitrogens is 2. The summed E-state index contributed by atoms with van der Waals surface area (Å²) < 4.78 is 28.4. The van der Waals surface area contributed by atoms with Crippen LogP contribution in [0.25, 0.3) is 5.69 Å². The summed E-state index contributed by atoms with van der Waals surface area (Å²) in [5, 5.41) is 4.39. The number of benzene rings is 1. The van der Waals surface area contributed by atoms with Crippen LogP contribution in [-0.4, -0.2) is 16.3 Å². The van der Waals surface area contributed by atoms with Gasteiger partial charge in [-0.3, -0.25) is 0 Å². The van der Waals surface area contributed by atoms with E-state index < -0.39 is 11.6 Å². The average Bonchev–Trinajstić information content (AvgIpc) is 2.75. The minimum atomic E-state index is -0.899. The van der Waals surface area contributed by atoms with Crippen LogP contribution in [0.3, 0.4) is 0 Å². The van der Waals surface area contributed by atoms with Gasteiger partial charge in [0, 0.05) is 24.2 Å². The Bertz CT molecular complexity index is 608. The van der Waals surface area contributed by atoms with Gasteiger partial charge in [0.15, 0.2) is 11.6 Å². The molecule has 3 nitrogen and oxygen atoms in total. The smallest absolute Gasteiger partial charge is 0.160 e. The van der Waals surface area contributed by atoms with Crippen LogP contribution in [0.1, 0.15) is 19.5 Å². The summed E-state index contributed by atoms with van der Waals surface area (Å²) in [6, 6.07) is 3.65. The van der Waals surface area contributed by atoms with Crippen molar-refractivity contribution in [2.45, 2.75) is 19.3 Å². The second-order valence-corrected chi connectivity index (χ2v) is 5.81. The summed E-state index contributed by atoms with van der Waals surface area (Å²) in [7, 11) is 0. The molecule has 0 saturated carbocycles. The van der Waals surface area contributed by atoms with E-state index in [-0.39, 0.29) is 5.41 Å². The van der Waals surface area contributed by atoms with E-state index >= 15 is 0 Å². The zero-order valence-corrected chi connectivity index (χ0v) is 12.2. The summed E-state index contributed by atoms with van der Waals surface area (Å²) in [6.45, 7) is 4.37. The van der Waals surface area contributed by atoms with Crippen molar-refractivity contribution in [2.75, 3.05) is 6.54 Å². The molecule has 0 spiro atoms. The number of rotatable bonds is 3. The molecule has 2 rings (SSSR count). The third kappa shape index (κ3) is 2.69. The molecule has 1 heterocycles. The van der Waals surface area contributed by atoms with Crippen molar-refractivity contribution in [2.24, 2.45) is 5.73 Å². The Morgan fingerprint density at radius 2 is 2.00 bits per heavy atom. The molecule has 2 N–H and O–H groups in total. The highest BCUT2D eigenvalue weighted by Gasteiger charge is 2.25. The number of hydrogen-bond donors (Lipinski definition) is 1. The number of nitrogens with zero attached hydrogens (tertiary/aromatic N) is 2. The highest BCUT2D eigenvalue weighted by Crippen LogP contribution is 2.29. The van der Waals surface area contributed by atoms with Crippen LogP contribution in [0.2, 0.25) is 0 Å². The molecule has 0 bridgehead atoms. The van der Waals surface area contributed by atoms with Gasteiger partial charge in [0.05, 0.1) is 15.9 Å². The number of halogens is 3. The number of hydrogen-bond acceptors (Lipinski definition) is 2. The fourth-order valence-electron chi connectivity index (χ4n) is 1.67. The Labute approximate surface area is 118 Å². The lowest BCUT2D eigenvalue weighted by Crippen LogP contribution is -2.29. The van der Waals surface area contributed by atoms with Gasteiger partial charge in [0.1, 0.15) is 0 Å². The molecule has 0 atom stereocenters. The van der Waals surface area contributed by atoms with Gasteiger partial charge in [-0.15, -0.1) is 0 Å². The molecule has 0 radical (unpaired) electrons. The van der Waals surface area contributed by atoms with Crippen molar-refractivity contribution >= 4 is 15.9 Å². The maximum absolute atomic E-state index is 13.2. The average molecular weight is 330 g/mol. The minimum Gasteiger partial charge on any atom is -0.330 e. The molecule has 102 valence electrons. The predicted octanol–water partition coefficient (Wildman–Crippen LogP) is 3.15. The first-order chi connectivity index (χ1) is 8.85. The molecular formula is C13H14BrF2N3. The number of nitrogens with two attached hydrogens (primary N) is 1. The van der Waals surface area contributed by atoms with Gasteiger partial charge in [0.2, 0.25) is 0 Å². The lowest BCUT2D eigenvalue weighted by atomic mass is 9.90. The Hall–Kier alpha value is -1.27.